The Labute approximate surface area is 95.4 Å². The average molecular weight is 254 g/mol. The van der Waals surface area contributed by atoms with E-state index in [2.05, 4.69) is 10.6 Å². The Morgan fingerprint density at radius 2 is 2.00 bits per heavy atom. The second kappa shape index (κ2) is 4.91. The van der Waals surface area contributed by atoms with Gasteiger partial charge in [0.2, 0.25) is 5.91 Å². The minimum atomic E-state index is -5.08. The summed E-state index contributed by atoms with van der Waals surface area (Å²) in [6, 6.07) is 0.829. The summed E-state index contributed by atoms with van der Waals surface area (Å²) in [5.74, 6) is -2.37. The highest BCUT2D eigenvalue weighted by Crippen LogP contribution is 2.21. The second-order valence-electron chi connectivity index (χ2n) is 3.98. The molecule has 2 saturated heterocycles. The van der Waals surface area contributed by atoms with Crippen LogP contribution in [0.5, 0.6) is 0 Å². The number of aliphatic carboxylic acids is 1. The van der Waals surface area contributed by atoms with Gasteiger partial charge in [-0.2, -0.15) is 13.2 Å². The van der Waals surface area contributed by atoms with E-state index in [1.54, 1.807) is 0 Å². The maximum absolute atomic E-state index is 11.0. The lowest BCUT2D eigenvalue weighted by atomic mass is 10.0. The number of hydrogen-bond acceptors (Lipinski definition) is 3. The van der Waals surface area contributed by atoms with E-state index in [-0.39, 0.29) is 11.8 Å². The zero-order valence-corrected chi connectivity index (χ0v) is 9.04. The Kier molecular flexibility index (Phi) is 3.97. The van der Waals surface area contributed by atoms with Crippen LogP contribution in [-0.2, 0) is 9.59 Å². The number of carbonyl (C=O) groups is 2. The molecule has 2 rings (SSSR count). The van der Waals surface area contributed by atoms with E-state index in [9.17, 15) is 18.0 Å². The molecule has 0 aromatic rings. The Bertz CT molecular complexity index is 319. The Morgan fingerprint density at radius 3 is 2.41 bits per heavy atom. The summed E-state index contributed by atoms with van der Waals surface area (Å²) < 4.78 is 31.7. The van der Waals surface area contributed by atoms with Crippen molar-refractivity contribution in [3.05, 3.63) is 0 Å². The molecule has 17 heavy (non-hydrogen) atoms. The summed E-state index contributed by atoms with van der Waals surface area (Å²) in [4.78, 5) is 19.9. The van der Waals surface area contributed by atoms with Crippen molar-refractivity contribution in [1.82, 2.24) is 10.6 Å². The van der Waals surface area contributed by atoms with Gasteiger partial charge < -0.3 is 15.7 Å². The first-order valence-corrected chi connectivity index (χ1v) is 5.07. The zero-order chi connectivity index (χ0) is 13.2. The molecule has 3 atom stereocenters. The molecule has 0 aromatic carbocycles. The van der Waals surface area contributed by atoms with Crippen LogP contribution in [0.2, 0.25) is 0 Å². The van der Waals surface area contributed by atoms with E-state index in [0.29, 0.717) is 12.1 Å². The van der Waals surface area contributed by atoms with Gasteiger partial charge in [0.15, 0.2) is 0 Å². The van der Waals surface area contributed by atoms with Gasteiger partial charge in [0, 0.05) is 12.1 Å². The number of carboxylic acids is 1. The van der Waals surface area contributed by atoms with Crippen LogP contribution >= 0.6 is 0 Å². The van der Waals surface area contributed by atoms with Gasteiger partial charge in [-0.25, -0.2) is 4.79 Å². The second-order valence-corrected chi connectivity index (χ2v) is 3.98. The van der Waals surface area contributed by atoms with E-state index in [0.717, 1.165) is 13.0 Å². The summed E-state index contributed by atoms with van der Waals surface area (Å²) >= 11 is 0. The van der Waals surface area contributed by atoms with Crippen molar-refractivity contribution < 1.29 is 27.9 Å². The van der Waals surface area contributed by atoms with Crippen molar-refractivity contribution in [2.45, 2.75) is 31.6 Å². The van der Waals surface area contributed by atoms with Gasteiger partial charge in [-0.1, -0.05) is 6.92 Å². The van der Waals surface area contributed by atoms with Crippen LogP contribution < -0.4 is 10.6 Å². The summed E-state index contributed by atoms with van der Waals surface area (Å²) in [6.45, 7) is 3.04. The zero-order valence-electron chi connectivity index (χ0n) is 9.04. The third-order valence-corrected chi connectivity index (χ3v) is 2.79. The molecule has 0 aromatic heterocycles. The van der Waals surface area contributed by atoms with Crippen LogP contribution in [0.3, 0.4) is 0 Å². The average Bonchev–Trinajstić information content (AvgIpc) is 2.72. The largest absolute Gasteiger partial charge is 0.490 e. The van der Waals surface area contributed by atoms with Crippen molar-refractivity contribution in [3.8, 4) is 0 Å². The van der Waals surface area contributed by atoms with Crippen LogP contribution in [-0.4, -0.2) is 41.8 Å². The van der Waals surface area contributed by atoms with Gasteiger partial charge in [-0.05, 0) is 13.0 Å². The van der Waals surface area contributed by atoms with Crippen molar-refractivity contribution in [2.24, 2.45) is 5.92 Å². The van der Waals surface area contributed by atoms with Crippen molar-refractivity contribution >= 4 is 11.9 Å². The fourth-order valence-electron chi connectivity index (χ4n) is 1.89. The van der Waals surface area contributed by atoms with E-state index >= 15 is 0 Å². The predicted octanol–water partition coefficient (Wildman–Crippen LogP) is 0.116. The van der Waals surface area contributed by atoms with Gasteiger partial charge in [-0.3, -0.25) is 4.79 Å². The molecule has 2 fully saturated rings. The SMILES string of the molecule is C[C@@H]1C(=O)N[C@H]2CCN[C@@H]21.O=C(O)C(F)(F)F. The van der Waals surface area contributed by atoms with Crippen LogP contribution in [0.1, 0.15) is 13.3 Å². The normalized spacial score (nSPS) is 31.3. The lowest BCUT2D eigenvalue weighted by molar-refractivity contribution is -0.192. The van der Waals surface area contributed by atoms with Crippen LogP contribution in [0.4, 0.5) is 13.2 Å². The topological polar surface area (TPSA) is 78.4 Å². The Morgan fingerprint density at radius 1 is 1.47 bits per heavy atom. The molecule has 0 unspecified atom stereocenters. The smallest absolute Gasteiger partial charge is 0.475 e. The van der Waals surface area contributed by atoms with E-state index in [1.165, 1.54) is 0 Å². The Balaban J connectivity index is 0.000000185. The van der Waals surface area contributed by atoms with Gasteiger partial charge in [0.05, 0.1) is 5.92 Å². The van der Waals surface area contributed by atoms with Crippen molar-refractivity contribution in [2.75, 3.05) is 6.54 Å². The van der Waals surface area contributed by atoms with Gasteiger partial charge in [-0.15, -0.1) is 0 Å². The first kappa shape index (κ1) is 13.8. The molecule has 2 aliphatic rings. The van der Waals surface area contributed by atoms with Crippen LogP contribution in [0.15, 0.2) is 0 Å². The molecule has 0 spiro atoms. The van der Waals surface area contributed by atoms with Crippen LogP contribution in [0.25, 0.3) is 0 Å². The number of nitrogens with one attached hydrogen (secondary N) is 2. The number of amides is 1. The quantitative estimate of drug-likeness (QED) is 0.573. The third-order valence-electron chi connectivity index (χ3n) is 2.79. The fourth-order valence-corrected chi connectivity index (χ4v) is 1.89. The van der Waals surface area contributed by atoms with Crippen molar-refractivity contribution in [1.29, 1.82) is 0 Å². The Hall–Kier alpha value is -1.31. The van der Waals surface area contributed by atoms with Gasteiger partial charge in [0.1, 0.15) is 0 Å². The lowest BCUT2D eigenvalue weighted by Gasteiger charge is -2.09. The van der Waals surface area contributed by atoms with Crippen molar-refractivity contribution in [3.63, 3.8) is 0 Å². The molecule has 2 heterocycles. The minimum Gasteiger partial charge on any atom is -0.475 e. The maximum atomic E-state index is 11.0. The first-order valence-electron chi connectivity index (χ1n) is 5.07. The molecule has 0 bridgehead atoms. The monoisotopic (exact) mass is 254 g/mol. The number of halogens is 3. The molecular formula is C9H13F3N2O3. The number of hydrogen-bond donors (Lipinski definition) is 3. The molecule has 1 amide bonds. The molecule has 2 aliphatic heterocycles. The number of carbonyl (C=O) groups excluding carboxylic acids is 1. The highest BCUT2D eigenvalue weighted by atomic mass is 19.4. The molecule has 8 heteroatoms. The highest BCUT2D eigenvalue weighted by Gasteiger charge is 2.41. The summed E-state index contributed by atoms with van der Waals surface area (Å²) in [7, 11) is 0. The first-order chi connectivity index (χ1) is 7.73. The summed E-state index contributed by atoms with van der Waals surface area (Å²) in [5, 5.41) is 13.4. The maximum Gasteiger partial charge on any atom is 0.490 e. The summed E-state index contributed by atoms with van der Waals surface area (Å²) in [5.41, 5.74) is 0. The third kappa shape index (κ3) is 3.32. The number of rotatable bonds is 0. The number of alkyl halides is 3. The molecule has 98 valence electrons. The minimum absolute atomic E-state index is 0.174. The lowest BCUT2D eigenvalue weighted by Crippen LogP contribution is -2.32. The highest BCUT2D eigenvalue weighted by molar-refractivity contribution is 5.82. The molecule has 0 radical (unpaired) electrons. The van der Waals surface area contributed by atoms with Gasteiger partial charge >= 0.3 is 12.1 Å². The van der Waals surface area contributed by atoms with E-state index < -0.39 is 12.1 Å². The molecule has 5 nitrogen and oxygen atoms in total. The molecular weight excluding hydrogens is 241 g/mol. The molecule has 0 saturated carbocycles. The molecule has 0 aliphatic carbocycles. The standard InChI is InChI=1S/C7H12N2O.C2HF3O2/c1-4-6-5(2-3-8-6)9-7(4)10;3-2(4,5)1(6)7/h4-6,8H,2-3H2,1H3,(H,9,10);(H,6,7)/t4-,5-,6+;/m0./s1. The molecule has 3 N–H and O–H groups in total. The van der Waals surface area contributed by atoms with Gasteiger partial charge in [0.25, 0.3) is 0 Å². The van der Waals surface area contributed by atoms with Crippen LogP contribution in [0, 0.1) is 5.92 Å². The van der Waals surface area contributed by atoms with E-state index in [4.69, 9.17) is 9.90 Å². The predicted molar refractivity (Wildman–Crippen MR) is 51.2 cm³/mol. The van der Waals surface area contributed by atoms with E-state index in [1.807, 2.05) is 6.92 Å². The number of fused-ring (bicyclic) bond motifs is 1. The fraction of sp³-hybridized carbons (Fsp3) is 0.778. The summed E-state index contributed by atoms with van der Waals surface area (Å²) in [6.07, 6.45) is -3.99. The number of carboxylic acid groups (broad SMARTS) is 1.